The van der Waals surface area contributed by atoms with Crippen molar-refractivity contribution < 1.29 is 4.79 Å². The third kappa shape index (κ3) is 5.13. The Morgan fingerprint density at radius 2 is 1.32 bits per heavy atom. The molecule has 0 saturated heterocycles. The number of carbonyl (C=O) groups excluding carboxylic acids is 1. The van der Waals surface area contributed by atoms with Gasteiger partial charge in [-0.25, -0.2) is 4.98 Å². The molecule has 0 unspecified atom stereocenters. The van der Waals surface area contributed by atoms with Gasteiger partial charge >= 0.3 is 0 Å². The van der Waals surface area contributed by atoms with Crippen LogP contribution in [-0.4, -0.2) is 10.9 Å². The summed E-state index contributed by atoms with van der Waals surface area (Å²) >= 11 is 1.62. The summed E-state index contributed by atoms with van der Waals surface area (Å²) in [5, 5.41) is 6.14. The molecule has 0 radical (unpaired) electrons. The summed E-state index contributed by atoms with van der Waals surface area (Å²) in [6.07, 6.45) is 0.368. The van der Waals surface area contributed by atoms with Crippen LogP contribution in [0, 0.1) is 0 Å². The number of amides is 1. The van der Waals surface area contributed by atoms with Gasteiger partial charge in [-0.1, -0.05) is 103 Å². The molecule has 1 aromatic heterocycles. The van der Waals surface area contributed by atoms with E-state index in [2.05, 4.69) is 47.1 Å². The molecule has 1 amide bonds. The number of benzene rings is 4. The Morgan fingerprint density at radius 1 is 0.735 bits per heavy atom. The number of hydrogen-bond acceptors (Lipinski definition) is 3. The number of nitrogens with zero attached hydrogens (tertiary/aromatic N) is 1. The Labute approximate surface area is 203 Å². The van der Waals surface area contributed by atoms with Gasteiger partial charge in [0.2, 0.25) is 5.91 Å². The molecular weight excluding hydrogens is 436 g/mol. The lowest BCUT2D eigenvalue weighted by atomic mass is 9.88. The molecule has 3 nitrogen and oxygen atoms in total. The molecule has 0 bridgehead atoms. The lowest BCUT2D eigenvalue weighted by molar-refractivity contribution is -0.116. The van der Waals surface area contributed by atoms with E-state index in [-0.39, 0.29) is 11.8 Å². The standard InChI is InChI=1S/C30H24N2OS/c33-29(20-27(22-11-4-1-5-12-22)23-13-6-2-7-14-23)31-26-18-10-17-25(19-26)28-21-34-30(32-28)24-15-8-3-9-16-24/h1-19,21,27H,20H2,(H,31,33). The molecule has 0 aliphatic rings. The highest BCUT2D eigenvalue weighted by molar-refractivity contribution is 7.13. The zero-order valence-corrected chi connectivity index (χ0v) is 19.4. The number of anilines is 1. The zero-order chi connectivity index (χ0) is 23.2. The van der Waals surface area contributed by atoms with E-state index in [0.29, 0.717) is 6.42 Å². The molecule has 1 heterocycles. The van der Waals surface area contributed by atoms with Crippen molar-refractivity contribution in [1.29, 1.82) is 0 Å². The molecule has 0 spiro atoms. The minimum Gasteiger partial charge on any atom is -0.326 e. The zero-order valence-electron chi connectivity index (χ0n) is 18.6. The van der Waals surface area contributed by atoms with E-state index in [1.54, 1.807) is 11.3 Å². The van der Waals surface area contributed by atoms with Gasteiger partial charge in [-0.2, -0.15) is 0 Å². The van der Waals surface area contributed by atoms with Gasteiger partial charge < -0.3 is 5.32 Å². The number of hydrogen-bond donors (Lipinski definition) is 1. The Hall–Kier alpha value is -4.02. The van der Waals surface area contributed by atoms with Crippen molar-refractivity contribution in [3.05, 3.63) is 132 Å². The van der Waals surface area contributed by atoms with E-state index in [0.717, 1.165) is 38.6 Å². The average Bonchev–Trinajstić information content (AvgIpc) is 3.40. The largest absolute Gasteiger partial charge is 0.326 e. The van der Waals surface area contributed by atoms with E-state index in [1.165, 1.54) is 0 Å². The van der Waals surface area contributed by atoms with E-state index in [1.807, 2.05) is 78.9 Å². The average molecular weight is 461 g/mol. The molecule has 0 aliphatic heterocycles. The second kappa shape index (κ2) is 10.3. The Kier molecular flexibility index (Phi) is 6.59. The quantitative estimate of drug-likeness (QED) is 0.271. The van der Waals surface area contributed by atoms with E-state index in [4.69, 9.17) is 4.98 Å². The summed E-state index contributed by atoms with van der Waals surface area (Å²) in [5.41, 5.74) is 6.04. The first-order valence-electron chi connectivity index (χ1n) is 11.3. The Balaban J connectivity index is 1.33. The van der Waals surface area contributed by atoms with E-state index >= 15 is 0 Å². The Bertz CT molecular complexity index is 1330. The molecule has 34 heavy (non-hydrogen) atoms. The molecule has 0 saturated carbocycles. The van der Waals surface area contributed by atoms with Crippen LogP contribution in [0.4, 0.5) is 5.69 Å². The lowest BCUT2D eigenvalue weighted by Gasteiger charge is -2.18. The van der Waals surface area contributed by atoms with Crippen LogP contribution in [0.2, 0.25) is 0 Å². The van der Waals surface area contributed by atoms with Crippen molar-refractivity contribution in [2.75, 3.05) is 5.32 Å². The van der Waals surface area contributed by atoms with E-state index < -0.39 is 0 Å². The van der Waals surface area contributed by atoms with Gasteiger partial charge in [-0.15, -0.1) is 11.3 Å². The number of aromatic nitrogens is 1. The highest BCUT2D eigenvalue weighted by atomic mass is 32.1. The van der Waals surface area contributed by atoms with E-state index in [9.17, 15) is 4.79 Å². The molecule has 4 heteroatoms. The third-order valence-corrected chi connectivity index (χ3v) is 6.65. The summed E-state index contributed by atoms with van der Waals surface area (Å²) in [7, 11) is 0. The second-order valence-electron chi connectivity index (χ2n) is 8.11. The normalized spacial score (nSPS) is 10.9. The maximum Gasteiger partial charge on any atom is 0.225 e. The predicted molar refractivity (Wildman–Crippen MR) is 141 cm³/mol. The van der Waals surface area contributed by atoms with Crippen LogP contribution in [-0.2, 0) is 4.79 Å². The van der Waals surface area contributed by atoms with Crippen LogP contribution in [0.3, 0.4) is 0 Å². The minimum absolute atomic E-state index is 0.00227. The number of carbonyl (C=O) groups is 1. The predicted octanol–water partition coefficient (Wildman–Crippen LogP) is 7.64. The fourth-order valence-corrected chi connectivity index (χ4v) is 4.91. The fourth-order valence-electron chi connectivity index (χ4n) is 4.07. The van der Waals surface area contributed by atoms with Crippen molar-refractivity contribution >= 4 is 22.9 Å². The van der Waals surface area contributed by atoms with Crippen LogP contribution >= 0.6 is 11.3 Å². The van der Waals surface area contributed by atoms with Crippen molar-refractivity contribution in [1.82, 2.24) is 4.98 Å². The highest BCUT2D eigenvalue weighted by Gasteiger charge is 2.18. The topological polar surface area (TPSA) is 42.0 Å². The highest BCUT2D eigenvalue weighted by Crippen LogP contribution is 2.31. The maximum atomic E-state index is 13.1. The third-order valence-electron chi connectivity index (χ3n) is 5.76. The first-order chi connectivity index (χ1) is 16.8. The summed E-state index contributed by atoms with van der Waals surface area (Å²) in [5.74, 6) is -0.0179. The molecule has 0 fully saturated rings. The number of rotatable bonds is 7. The molecule has 0 atom stereocenters. The van der Waals surface area contributed by atoms with Gasteiger partial charge in [-0.3, -0.25) is 4.79 Å². The van der Waals surface area contributed by atoms with Crippen LogP contribution < -0.4 is 5.32 Å². The minimum atomic E-state index is -0.0156. The first-order valence-corrected chi connectivity index (χ1v) is 12.2. The Morgan fingerprint density at radius 3 is 1.97 bits per heavy atom. The van der Waals surface area contributed by atoms with Gasteiger partial charge in [0.05, 0.1) is 5.69 Å². The van der Waals surface area contributed by atoms with Crippen LogP contribution in [0.1, 0.15) is 23.5 Å². The van der Waals surface area contributed by atoms with Crippen LogP contribution in [0.15, 0.2) is 121 Å². The van der Waals surface area contributed by atoms with Crippen molar-refractivity contribution in [3.8, 4) is 21.8 Å². The molecular formula is C30H24N2OS. The smallest absolute Gasteiger partial charge is 0.225 e. The molecule has 4 aromatic carbocycles. The number of nitrogens with one attached hydrogen (secondary N) is 1. The molecule has 5 aromatic rings. The van der Waals surface area contributed by atoms with Crippen molar-refractivity contribution in [2.45, 2.75) is 12.3 Å². The lowest BCUT2D eigenvalue weighted by Crippen LogP contribution is -2.16. The van der Waals surface area contributed by atoms with Gasteiger partial charge in [0.25, 0.3) is 0 Å². The summed E-state index contributed by atoms with van der Waals surface area (Å²) in [6.45, 7) is 0. The SMILES string of the molecule is O=C(CC(c1ccccc1)c1ccccc1)Nc1cccc(-c2csc(-c3ccccc3)n2)c1. The van der Waals surface area contributed by atoms with Crippen molar-refractivity contribution in [3.63, 3.8) is 0 Å². The molecule has 1 N–H and O–H groups in total. The molecule has 5 rings (SSSR count). The summed E-state index contributed by atoms with van der Waals surface area (Å²) in [4.78, 5) is 17.9. The number of thiazole rings is 1. The summed E-state index contributed by atoms with van der Waals surface area (Å²) < 4.78 is 0. The van der Waals surface area contributed by atoms with Gasteiger partial charge in [0, 0.05) is 34.5 Å². The summed E-state index contributed by atoms with van der Waals surface area (Å²) in [6, 6.07) is 38.5. The molecule has 0 aliphatic carbocycles. The first kappa shape index (κ1) is 21.8. The van der Waals surface area contributed by atoms with Crippen LogP contribution in [0.5, 0.6) is 0 Å². The van der Waals surface area contributed by atoms with Gasteiger partial charge in [0.1, 0.15) is 5.01 Å². The molecule has 166 valence electrons. The maximum absolute atomic E-state index is 13.1. The van der Waals surface area contributed by atoms with Crippen LogP contribution in [0.25, 0.3) is 21.8 Å². The second-order valence-corrected chi connectivity index (χ2v) is 8.97. The van der Waals surface area contributed by atoms with Crippen molar-refractivity contribution in [2.24, 2.45) is 0 Å². The van der Waals surface area contributed by atoms with Gasteiger partial charge in [0.15, 0.2) is 0 Å². The van der Waals surface area contributed by atoms with Gasteiger partial charge in [-0.05, 0) is 23.3 Å². The fraction of sp³-hybridized carbons (Fsp3) is 0.0667. The monoisotopic (exact) mass is 460 g/mol.